The maximum Gasteiger partial charge on any atom is 0.0935 e. The summed E-state index contributed by atoms with van der Waals surface area (Å²) in [4.78, 5) is 2.43. The van der Waals surface area contributed by atoms with Gasteiger partial charge in [0, 0.05) is 19.1 Å². The number of hydrogen-bond acceptors (Lipinski definition) is 4. The van der Waals surface area contributed by atoms with Gasteiger partial charge in [-0.05, 0) is 25.9 Å². The SMILES string of the molecule is CCN1CCOC(COCC2CCCCN2)C1. The summed E-state index contributed by atoms with van der Waals surface area (Å²) in [6, 6.07) is 0.564. The Hall–Kier alpha value is -0.160. The van der Waals surface area contributed by atoms with Crippen molar-refractivity contribution in [1.82, 2.24) is 10.2 Å². The second kappa shape index (κ2) is 7.31. The minimum Gasteiger partial charge on any atom is -0.377 e. The van der Waals surface area contributed by atoms with E-state index in [4.69, 9.17) is 9.47 Å². The first-order valence-corrected chi connectivity index (χ1v) is 7.03. The fourth-order valence-corrected chi connectivity index (χ4v) is 2.58. The summed E-state index contributed by atoms with van der Waals surface area (Å²) in [6.07, 6.45) is 4.18. The molecule has 2 fully saturated rings. The largest absolute Gasteiger partial charge is 0.377 e. The summed E-state index contributed by atoms with van der Waals surface area (Å²) in [5, 5.41) is 3.50. The van der Waals surface area contributed by atoms with Crippen LogP contribution in [0.4, 0.5) is 0 Å². The molecule has 0 aliphatic carbocycles. The topological polar surface area (TPSA) is 33.7 Å². The molecule has 0 aromatic carbocycles. The van der Waals surface area contributed by atoms with E-state index in [1.165, 1.54) is 19.3 Å². The van der Waals surface area contributed by atoms with Gasteiger partial charge in [0.25, 0.3) is 0 Å². The zero-order chi connectivity index (χ0) is 11.9. The molecule has 2 saturated heterocycles. The molecule has 2 rings (SSSR count). The van der Waals surface area contributed by atoms with E-state index in [9.17, 15) is 0 Å². The van der Waals surface area contributed by atoms with E-state index < -0.39 is 0 Å². The van der Waals surface area contributed by atoms with Crippen LogP contribution < -0.4 is 5.32 Å². The maximum absolute atomic E-state index is 5.79. The van der Waals surface area contributed by atoms with E-state index in [-0.39, 0.29) is 6.10 Å². The van der Waals surface area contributed by atoms with Crippen molar-refractivity contribution >= 4 is 0 Å². The van der Waals surface area contributed by atoms with E-state index in [1.54, 1.807) is 0 Å². The number of ether oxygens (including phenoxy) is 2. The zero-order valence-electron chi connectivity index (χ0n) is 11.0. The molecule has 0 bridgehead atoms. The number of likely N-dealkylation sites (N-methyl/N-ethyl adjacent to an activating group) is 1. The average Bonchev–Trinajstić information content (AvgIpc) is 2.40. The quantitative estimate of drug-likeness (QED) is 0.775. The van der Waals surface area contributed by atoms with Crippen molar-refractivity contribution in [3.05, 3.63) is 0 Å². The number of morpholine rings is 1. The number of hydrogen-bond donors (Lipinski definition) is 1. The van der Waals surface area contributed by atoms with E-state index in [0.29, 0.717) is 6.04 Å². The van der Waals surface area contributed by atoms with Crippen molar-refractivity contribution in [2.75, 3.05) is 46.0 Å². The number of nitrogens with one attached hydrogen (secondary N) is 1. The van der Waals surface area contributed by atoms with Gasteiger partial charge in [-0.2, -0.15) is 0 Å². The molecule has 2 aliphatic heterocycles. The van der Waals surface area contributed by atoms with Gasteiger partial charge in [0.1, 0.15) is 0 Å². The first-order chi connectivity index (χ1) is 8.38. The summed E-state index contributed by atoms with van der Waals surface area (Å²) in [5.41, 5.74) is 0. The Kier molecular flexibility index (Phi) is 5.71. The van der Waals surface area contributed by atoms with Gasteiger partial charge in [-0.25, -0.2) is 0 Å². The Bertz CT molecular complexity index is 208. The Morgan fingerprint density at radius 1 is 1.35 bits per heavy atom. The third-order valence-electron chi connectivity index (χ3n) is 3.71. The predicted octanol–water partition coefficient (Wildman–Crippen LogP) is 0.866. The van der Waals surface area contributed by atoms with Crippen LogP contribution in [-0.4, -0.2) is 63.0 Å². The predicted molar refractivity (Wildman–Crippen MR) is 68.3 cm³/mol. The molecular formula is C13H26N2O2. The highest BCUT2D eigenvalue weighted by Crippen LogP contribution is 2.09. The van der Waals surface area contributed by atoms with Crippen LogP contribution >= 0.6 is 0 Å². The highest BCUT2D eigenvalue weighted by atomic mass is 16.5. The highest BCUT2D eigenvalue weighted by Gasteiger charge is 2.20. The smallest absolute Gasteiger partial charge is 0.0935 e. The van der Waals surface area contributed by atoms with Crippen LogP contribution in [0.1, 0.15) is 26.2 Å². The second-order valence-electron chi connectivity index (χ2n) is 5.07. The van der Waals surface area contributed by atoms with Gasteiger partial charge >= 0.3 is 0 Å². The molecule has 2 atom stereocenters. The van der Waals surface area contributed by atoms with Gasteiger partial charge in [0.2, 0.25) is 0 Å². The van der Waals surface area contributed by atoms with Crippen LogP contribution in [0.2, 0.25) is 0 Å². The summed E-state index contributed by atoms with van der Waals surface area (Å²) in [5.74, 6) is 0. The molecule has 2 heterocycles. The maximum atomic E-state index is 5.79. The van der Waals surface area contributed by atoms with Crippen molar-refractivity contribution in [2.24, 2.45) is 0 Å². The lowest BCUT2D eigenvalue weighted by Gasteiger charge is -2.32. The lowest BCUT2D eigenvalue weighted by Crippen LogP contribution is -2.45. The molecule has 0 spiro atoms. The van der Waals surface area contributed by atoms with Gasteiger partial charge in [-0.1, -0.05) is 13.3 Å². The molecule has 4 heteroatoms. The van der Waals surface area contributed by atoms with Gasteiger partial charge < -0.3 is 14.8 Å². The number of rotatable bonds is 5. The van der Waals surface area contributed by atoms with Crippen molar-refractivity contribution in [2.45, 2.75) is 38.3 Å². The summed E-state index contributed by atoms with van der Waals surface area (Å²) >= 11 is 0. The Labute approximate surface area is 105 Å². The lowest BCUT2D eigenvalue weighted by atomic mass is 10.1. The third kappa shape index (κ3) is 4.54. The molecule has 0 saturated carbocycles. The Morgan fingerprint density at radius 3 is 3.06 bits per heavy atom. The van der Waals surface area contributed by atoms with Gasteiger partial charge in [0.05, 0.1) is 25.9 Å². The molecule has 0 amide bonds. The zero-order valence-corrected chi connectivity index (χ0v) is 11.0. The fourth-order valence-electron chi connectivity index (χ4n) is 2.58. The standard InChI is InChI=1S/C13H26N2O2/c1-2-15-7-8-17-13(9-15)11-16-10-12-5-3-4-6-14-12/h12-14H,2-11H2,1H3. The van der Waals surface area contributed by atoms with Crippen molar-refractivity contribution in [3.8, 4) is 0 Å². The second-order valence-corrected chi connectivity index (χ2v) is 5.07. The third-order valence-corrected chi connectivity index (χ3v) is 3.71. The first kappa shape index (κ1) is 13.3. The van der Waals surface area contributed by atoms with E-state index >= 15 is 0 Å². The lowest BCUT2D eigenvalue weighted by molar-refractivity contribution is -0.0708. The summed E-state index contributed by atoms with van der Waals surface area (Å²) in [6.45, 7) is 8.99. The molecule has 100 valence electrons. The van der Waals surface area contributed by atoms with Gasteiger partial charge in [-0.3, -0.25) is 4.90 Å². The number of piperidine rings is 1. The number of nitrogens with zero attached hydrogens (tertiary/aromatic N) is 1. The fraction of sp³-hybridized carbons (Fsp3) is 1.00. The molecule has 0 radical (unpaired) electrons. The normalized spacial score (nSPS) is 31.6. The van der Waals surface area contributed by atoms with Crippen LogP contribution in [0.5, 0.6) is 0 Å². The molecule has 17 heavy (non-hydrogen) atoms. The summed E-state index contributed by atoms with van der Waals surface area (Å²) < 4.78 is 11.5. The van der Waals surface area contributed by atoms with Gasteiger partial charge in [0.15, 0.2) is 0 Å². The Morgan fingerprint density at radius 2 is 2.29 bits per heavy atom. The van der Waals surface area contributed by atoms with Crippen LogP contribution in [0.15, 0.2) is 0 Å². The van der Waals surface area contributed by atoms with Crippen LogP contribution in [0.25, 0.3) is 0 Å². The molecule has 4 nitrogen and oxygen atoms in total. The van der Waals surface area contributed by atoms with E-state index in [0.717, 1.165) is 46.0 Å². The average molecular weight is 242 g/mol. The molecule has 0 aromatic heterocycles. The van der Waals surface area contributed by atoms with Gasteiger partial charge in [-0.15, -0.1) is 0 Å². The van der Waals surface area contributed by atoms with E-state index in [2.05, 4.69) is 17.1 Å². The minimum atomic E-state index is 0.271. The molecule has 2 unspecified atom stereocenters. The monoisotopic (exact) mass is 242 g/mol. The highest BCUT2D eigenvalue weighted by molar-refractivity contribution is 4.73. The van der Waals surface area contributed by atoms with Crippen LogP contribution in [0.3, 0.4) is 0 Å². The van der Waals surface area contributed by atoms with Crippen LogP contribution in [-0.2, 0) is 9.47 Å². The van der Waals surface area contributed by atoms with Crippen molar-refractivity contribution in [1.29, 1.82) is 0 Å². The minimum absolute atomic E-state index is 0.271. The molecule has 2 aliphatic rings. The molecule has 0 aromatic rings. The Balaban J connectivity index is 1.57. The van der Waals surface area contributed by atoms with Crippen LogP contribution in [0, 0.1) is 0 Å². The molecular weight excluding hydrogens is 216 g/mol. The van der Waals surface area contributed by atoms with E-state index in [1.807, 2.05) is 0 Å². The van der Waals surface area contributed by atoms with Crippen molar-refractivity contribution in [3.63, 3.8) is 0 Å². The molecule has 1 N–H and O–H groups in total. The first-order valence-electron chi connectivity index (χ1n) is 7.03. The van der Waals surface area contributed by atoms with Crippen molar-refractivity contribution < 1.29 is 9.47 Å². The summed E-state index contributed by atoms with van der Waals surface area (Å²) in [7, 11) is 0.